The minimum Gasteiger partial charge on any atom is -0.369 e. The lowest BCUT2D eigenvalue weighted by Gasteiger charge is -2.12. The number of anilines is 2. The average molecular weight is 414 g/mol. The smallest absolute Gasteiger partial charge is 0.264 e. The first kappa shape index (κ1) is 19.8. The predicted molar refractivity (Wildman–Crippen MR) is 117 cm³/mol. The van der Waals surface area contributed by atoms with E-state index >= 15 is 0 Å². The Morgan fingerprint density at radius 1 is 1.21 bits per heavy atom. The van der Waals surface area contributed by atoms with Gasteiger partial charge in [-0.25, -0.2) is 9.97 Å². The average Bonchev–Trinajstić information content (AvgIpc) is 3.36. The molecule has 0 atom stereocenters. The molecule has 3 N–H and O–H groups in total. The van der Waals surface area contributed by atoms with Crippen molar-refractivity contribution in [2.24, 2.45) is 0 Å². The topological polar surface area (TPSA) is 102 Å². The molecule has 8 nitrogen and oxygen atoms in total. The van der Waals surface area contributed by atoms with Gasteiger partial charge in [0.15, 0.2) is 0 Å². The third-order valence-corrected chi connectivity index (χ3v) is 6.04. The van der Waals surface area contributed by atoms with Gasteiger partial charge < -0.3 is 15.6 Å². The van der Waals surface area contributed by atoms with Crippen molar-refractivity contribution >= 4 is 34.0 Å². The lowest BCUT2D eigenvalue weighted by molar-refractivity contribution is 0.327. The summed E-state index contributed by atoms with van der Waals surface area (Å²) in [7, 11) is 0. The Bertz CT molecular complexity index is 1040. The van der Waals surface area contributed by atoms with Gasteiger partial charge in [0.1, 0.15) is 16.2 Å². The van der Waals surface area contributed by atoms with E-state index in [-0.39, 0.29) is 11.5 Å². The lowest BCUT2D eigenvalue weighted by atomic mass is 10.2. The highest BCUT2D eigenvalue weighted by atomic mass is 32.1. The molecule has 0 radical (unpaired) electrons. The van der Waals surface area contributed by atoms with Crippen molar-refractivity contribution in [1.82, 2.24) is 24.4 Å². The SMILES string of the molecule is CCCCNc1nc(N)nc2ccn(Cc3nc(CN4CCCC4)cs3)c(=O)c12. The third kappa shape index (κ3) is 4.56. The van der Waals surface area contributed by atoms with Gasteiger partial charge in [-0.15, -0.1) is 11.3 Å². The minimum atomic E-state index is -0.127. The van der Waals surface area contributed by atoms with Gasteiger partial charge in [0.2, 0.25) is 5.95 Å². The molecule has 0 spiro atoms. The number of unbranched alkanes of at least 4 members (excludes halogenated alkanes) is 1. The van der Waals surface area contributed by atoms with Crippen LogP contribution in [0, 0.1) is 0 Å². The van der Waals surface area contributed by atoms with E-state index in [0.29, 0.717) is 23.3 Å². The van der Waals surface area contributed by atoms with Gasteiger partial charge in [-0.05, 0) is 38.4 Å². The Labute approximate surface area is 173 Å². The van der Waals surface area contributed by atoms with Crippen molar-refractivity contribution in [2.45, 2.75) is 45.7 Å². The van der Waals surface area contributed by atoms with Crippen LogP contribution in [0.5, 0.6) is 0 Å². The Kier molecular flexibility index (Phi) is 6.05. The van der Waals surface area contributed by atoms with Gasteiger partial charge in [0.05, 0.1) is 17.8 Å². The van der Waals surface area contributed by atoms with Crippen LogP contribution in [0.4, 0.5) is 11.8 Å². The molecule has 4 heterocycles. The summed E-state index contributed by atoms with van der Waals surface area (Å²) >= 11 is 1.60. The van der Waals surface area contributed by atoms with E-state index in [9.17, 15) is 4.79 Å². The number of nitrogen functional groups attached to an aromatic ring is 1. The maximum absolute atomic E-state index is 13.2. The zero-order valence-corrected chi connectivity index (χ0v) is 17.5. The summed E-state index contributed by atoms with van der Waals surface area (Å²) in [5.74, 6) is 0.675. The predicted octanol–water partition coefficient (Wildman–Crippen LogP) is 2.69. The summed E-state index contributed by atoms with van der Waals surface area (Å²) in [6.45, 7) is 6.48. The van der Waals surface area contributed by atoms with E-state index in [1.807, 2.05) is 6.07 Å². The summed E-state index contributed by atoms with van der Waals surface area (Å²) < 4.78 is 1.67. The van der Waals surface area contributed by atoms with Crippen LogP contribution in [-0.4, -0.2) is 44.1 Å². The summed E-state index contributed by atoms with van der Waals surface area (Å²) in [6.07, 6.45) is 6.34. The fourth-order valence-corrected chi connectivity index (χ4v) is 4.43. The second kappa shape index (κ2) is 8.87. The van der Waals surface area contributed by atoms with E-state index in [1.54, 1.807) is 22.1 Å². The van der Waals surface area contributed by atoms with Crippen LogP contribution in [-0.2, 0) is 13.1 Å². The van der Waals surface area contributed by atoms with E-state index in [2.05, 4.69) is 32.5 Å². The number of rotatable bonds is 8. The highest BCUT2D eigenvalue weighted by molar-refractivity contribution is 7.09. The first-order valence-electron chi connectivity index (χ1n) is 10.2. The van der Waals surface area contributed by atoms with Gasteiger partial charge in [0.25, 0.3) is 5.56 Å². The molecular formula is C20H27N7OS. The molecule has 4 rings (SSSR count). The number of nitrogens with two attached hydrogens (primary N) is 1. The first-order valence-corrected chi connectivity index (χ1v) is 11.1. The fourth-order valence-electron chi connectivity index (χ4n) is 3.65. The zero-order chi connectivity index (χ0) is 20.2. The van der Waals surface area contributed by atoms with E-state index in [4.69, 9.17) is 10.7 Å². The quantitative estimate of drug-likeness (QED) is 0.547. The molecule has 0 unspecified atom stereocenters. The van der Waals surface area contributed by atoms with Crippen molar-refractivity contribution in [3.63, 3.8) is 0 Å². The molecule has 1 fully saturated rings. The molecule has 154 valence electrons. The number of hydrogen-bond acceptors (Lipinski definition) is 8. The minimum absolute atomic E-state index is 0.127. The molecule has 0 amide bonds. The zero-order valence-electron chi connectivity index (χ0n) is 16.7. The Morgan fingerprint density at radius 3 is 2.83 bits per heavy atom. The summed E-state index contributed by atoms with van der Waals surface area (Å²) in [5.41, 5.74) is 7.34. The monoisotopic (exact) mass is 413 g/mol. The number of aromatic nitrogens is 4. The molecule has 29 heavy (non-hydrogen) atoms. The number of nitrogens with zero attached hydrogens (tertiary/aromatic N) is 5. The molecular weight excluding hydrogens is 386 g/mol. The van der Waals surface area contributed by atoms with Crippen LogP contribution in [0.3, 0.4) is 0 Å². The molecule has 1 aliphatic heterocycles. The fraction of sp³-hybridized carbons (Fsp3) is 0.500. The largest absolute Gasteiger partial charge is 0.369 e. The standard InChI is InChI=1S/C20H27N7OS/c1-2-3-7-22-18-17-15(24-20(21)25-18)6-10-27(19(17)28)12-16-23-14(13-29-16)11-26-8-4-5-9-26/h6,10,13H,2-5,7-9,11-12H2,1H3,(H3,21,22,24,25). The van der Waals surface area contributed by atoms with Gasteiger partial charge in [0, 0.05) is 24.7 Å². The van der Waals surface area contributed by atoms with Crippen LogP contribution >= 0.6 is 11.3 Å². The van der Waals surface area contributed by atoms with Crippen molar-refractivity contribution in [3.8, 4) is 0 Å². The molecule has 3 aromatic heterocycles. The number of thiazole rings is 1. The number of likely N-dealkylation sites (tertiary alicyclic amines) is 1. The molecule has 9 heteroatoms. The number of fused-ring (bicyclic) bond motifs is 1. The summed E-state index contributed by atoms with van der Waals surface area (Å²) in [6, 6.07) is 1.82. The normalized spacial score (nSPS) is 14.7. The van der Waals surface area contributed by atoms with Crippen LogP contribution in [0.1, 0.15) is 43.3 Å². The second-order valence-electron chi connectivity index (χ2n) is 7.44. The molecule has 1 aliphatic rings. The summed E-state index contributed by atoms with van der Waals surface area (Å²) in [4.78, 5) is 28.8. The molecule has 0 bridgehead atoms. The Balaban J connectivity index is 1.58. The number of nitrogens with one attached hydrogen (secondary N) is 1. The van der Waals surface area contributed by atoms with E-state index in [0.717, 1.165) is 49.7 Å². The highest BCUT2D eigenvalue weighted by Gasteiger charge is 2.15. The van der Waals surface area contributed by atoms with Crippen LogP contribution in [0.2, 0.25) is 0 Å². The van der Waals surface area contributed by atoms with Gasteiger partial charge in [-0.1, -0.05) is 13.3 Å². The molecule has 1 saturated heterocycles. The first-order chi connectivity index (χ1) is 14.1. The van der Waals surface area contributed by atoms with Crippen molar-refractivity contribution in [3.05, 3.63) is 38.7 Å². The number of hydrogen-bond donors (Lipinski definition) is 2. The molecule has 3 aromatic rings. The van der Waals surface area contributed by atoms with Crippen LogP contribution in [0.25, 0.3) is 10.9 Å². The maximum Gasteiger partial charge on any atom is 0.264 e. The Hall–Kier alpha value is -2.52. The summed E-state index contributed by atoms with van der Waals surface area (Å²) in [5, 5.41) is 6.75. The van der Waals surface area contributed by atoms with Crippen molar-refractivity contribution in [1.29, 1.82) is 0 Å². The van der Waals surface area contributed by atoms with Gasteiger partial charge >= 0.3 is 0 Å². The maximum atomic E-state index is 13.2. The van der Waals surface area contributed by atoms with Crippen LogP contribution < -0.4 is 16.6 Å². The van der Waals surface area contributed by atoms with Crippen LogP contribution in [0.15, 0.2) is 22.4 Å². The van der Waals surface area contributed by atoms with Gasteiger partial charge in [-0.3, -0.25) is 9.69 Å². The Morgan fingerprint density at radius 2 is 2.03 bits per heavy atom. The van der Waals surface area contributed by atoms with Crippen molar-refractivity contribution < 1.29 is 0 Å². The number of pyridine rings is 1. The third-order valence-electron chi connectivity index (χ3n) is 5.15. The second-order valence-corrected chi connectivity index (χ2v) is 8.38. The molecule has 0 saturated carbocycles. The highest BCUT2D eigenvalue weighted by Crippen LogP contribution is 2.19. The molecule has 0 aromatic carbocycles. The van der Waals surface area contributed by atoms with Gasteiger partial charge in [-0.2, -0.15) is 4.98 Å². The van der Waals surface area contributed by atoms with E-state index < -0.39 is 0 Å². The van der Waals surface area contributed by atoms with Crippen molar-refractivity contribution in [2.75, 3.05) is 30.7 Å². The van der Waals surface area contributed by atoms with E-state index in [1.165, 1.54) is 12.8 Å². The molecule has 0 aliphatic carbocycles. The lowest BCUT2D eigenvalue weighted by Crippen LogP contribution is -2.22.